The highest BCUT2D eigenvalue weighted by molar-refractivity contribution is 5.81. The summed E-state index contributed by atoms with van der Waals surface area (Å²) in [7, 11) is 0. The summed E-state index contributed by atoms with van der Waals surface area (Å²) < 4.78 is 9.96. The van der Waals surface area contributed by atoms with E-state index in [0.29, 0.717) is 17.6 Å². The number of rotatable bonds is 8. The zero-order chi connectivity index (χ0) is 15.7. The lowest BCUT2D eigenvalue weighted by Crippen LogP contribution is -2.35. The summed E-state index contributed by atoms with van der Waals surface area (Å²) in [4.78, 5) is 33.3. The summed E-state index contributed by atoms with van der Waals surface area (Å²) in [6.45, 7) is 3.19. The van der Waals surface area contributed by atoms with Crippen LogP contribution in [0.4, 0.5) is 0 Å². The molecule has 114 valence electrons. The Hall–Kier alpha value is -2.37. The van der Waals surface area contributed by atoms with Gasteiger partial charge in [-0.1, -0.05) is 6.92 Å². The fourth-order valence-electron chi connectivity index (χ4n) is 1.39. The third-order valence-electron chi connectivity index (χ3n) is 2.76. The van der Waals surface area contributed by atoms with Crippen molar-refractivity contribution in [3.63, 3.8) is 0 Å². The van der Waals surface area contributed by atoms with Gasteiger partial charge in [0.2, 0.25) is 0 Å². The minimum Gasteiger partial charge on any atom is -0.482 e. The van der Waals surface area contributed by atoms with E-state index >= 15 is 0 Å². The van der Waals surface area contributed by atoms with E-state index in [4.69, 9.17) is 9.47 Å². The molecule has 0 aliphatic carbocycles. The van der Waals surface area contributed by atoms with Gasteiger partial charge >= 0.3 is 5.97 Å². The number of aldehydes is 1. The number of hydrogen-bond acceptors (Lipinski definition) is 5. The van der Waals surface area contributed by atoms with Crippen LogP contribution < -0.4 is 10.1 Å². The first-order valence-corrected chi connectivity index (χ1v) is 6.68. The maximum atomic E-state index is 11.4. The zero-order valence-corrected chi connectivity index (χ0v) is 12.1. The van der Waals surface area contributed by atoms with E-state index in [1.165, 1.54) is 0 Å². The molecule has 1 atom stereocenters. The van der Waals surface area contributed by atoms with Crippen LogP contribution in [0.3, 0.4) is 0 Å². The lowest BCUT2D eigenvalue weighted by atomic mass is 10.2. The van der Waals surface area contributed by atoms with Crippen molar-refractivity contribution in [2.45, 2.75) is 26.3 Å². The topological polar surface area (TPSA) is 81.7 Å². The fraction of sp³-hybridized carbons (Fsp3) is 0.400. The Kier molecular flexibility index (Phi) is 6.94. The Morgan fingerprint density at radius 1 is 1.24 bits per heavy atom. The summed E-state index contributed by atoms with van der Waals surface area (Å²) >= 11 is 0. The van der Waals surface area contributed by atoms with E-state index in [9.17, 15) is 14.4 Å². The van der Waals surface area contributed by atoms with E-state index < -0.39 is 5.97 Å². The molecule has 0 unspecified atom stereocenters. The SMILES string of the molecule is CC[C@H](C)NC(=O)COC(=O)COc1ccc(C=O)cc1. The molecule has 0 bridgehead atoms. The van der Waals surface area contributed by atoms with Gasteiger partial charge in [0.25, 0.3) is 5.91 Å². The molecule has 6 nitrogen and oxygen atoms in total. The average Bonchev–Trinajstić information content (AvgIpc) is 2.51. The summed E-state index contributed by atoms with van der Waals surface area (Å²) in [6, 6.07) is 6.35. The number of nitrogens with one attached hydrogen (secondary N) is 1. The molecule has 1 aromatic carbocycles. The van der Waals surface area contributed by atoms with Gasteiger partial charge < -0.3 is 14.8 Å². The Balaban J connectivity index is 2.27. The van der Waals surface area contributed by atoms with E-state index in [1.807, 2.05) is 13.8 Å². The highest BCUT2D eigenvalue weighted by Crippen LogP contribution is 2.10. The third-order valence-corrected chi connectivity index (χ3v) is 2.76. The first-order valence-electron chi connectivity index (χ1n) is 6.68. The van der Waals surface area contributed by atoms with Gasteiger partial charge in [0.15, 0.2) is 13.2 Å². The summed E-state index contributed by atoms with van der Waals surface area (Å²) in [6.07, 6.45) is 1.52. The molecule has 1 N–H and O–H groups in total. The smallest absolute Gasteiger partial charge is 0.344 e. The van der Waals surface area contributed by atoms with Gasteiger partial charge in [-0.25, -0.2) is 4.79 Å². The maximum Gasteiger partial charge on any atom is 0.344 e. The molecule has 0 spiro atoms. The van der Waals surface area contributed by atoms with Crippen LogP contribution in [0.1, 0.15) is 30.6 Å². The molecule has 0 radical (unpaired) electrons. The van der Waals surface area contributed by atoms with Crippen LogP contribution in [0, 0.1) is 0 Å². The van der Waals surface area contributed by atoms with Crippen molar-refractivity contribution < 1.29 is 23.9 Å². The number of hydrogen-bond donors (Lipinski definition) is 1. The molecule has 0 aliphatic rings. The zero-order valence-electron chi connectivity index (χ0n) is 12.1. The quantitative estimate of drug-likeness (QED) is 0.577. The molecule has 0 aromatic heterocycles. The predicted molar refractivity (Wildman–Crippen MR) is 76.2 cm³/mol. The largest absolute Gasteiger partial charge is 0.482 e. The second-order valence-electron chi connectivity index (χ2n) is 4.51. The van der Waals surface area contributed by atoms with Gasteiger partial charge in [0.05, 0.1) is 0 Å². The lowest BCUT2D eigenvalue weighted by Gasteiger charge is -2.11. The fourth-order valence-corrected chi connectivity index (χ4v) is 1.39. The monoisotopic (exact) mass is 293 g/mol. The van der Waals surface area contributed by atoms with Gasteiger partial charge in [0, 0.05) is 11.6 Å². The van der Waals surface area contributed by atoms with Gasteiger partial charge in [-0.2, -0.15) is 0 Å². The van der Waals surface area contributed by atoms with Crippen molar-refractivity contribution in [2.24, 2.45) is 0 Å². The van der Waals surface area contributed by atoms with Crippen LogP contribution in [0.15, 0.2) is 24.3 Å². The number of carbonyl (C=O) groups excluding carboxylic acids is 3. The molecular formula is C15H19NO5. The van der Waals surface area contributed by atoms with Crippen molar-refractivity contribution in [3.05, 3.63) is 29.8 Å². The molecule has 0 saturated carbocycles. The molecule has 21 heavy (non-hydrogen) atoms. The van der Waals surface area contributed by atoms with Gasteiger partial charge in [0.1, 0.15) is 12.0 Å². The first-order chi connectivity index (χ1) is 10.0. The Morgan fingerprint density at radius 3 is 2.48 bits per heavy atom. The molecule has 1 rings (SSSR count). The Morgan fingerprint density at radius 2 is 1.90 bits per heavy atom. The van der Waals surface area contributed by atoms with Crippen molar-refractivity contribution in [2.75, 3.05) is 13.2 Å². The van der Waals surface area contributed by atoms with Crippen LogP contribution in [-0.4, -0.2) is 37.4 Å². The van der Waals surface area contributed by atoms with Crippen LogP contribution in [0.5, 0.6) is 5.75 Å². The average molecular weight is 293 g/mol. The van der Waals surface area contributed by atoms with Crippen LogP contribution in [0.2, 0.25) is 0 Å². The normalized spacial score (nSPS) is 11.3. The molecule has 0 saturated heterocycles. The van der Waals surface area contributed by atoms with E-state index in [0.717, 1.165) is 6.42 Å². The van der Waals surface area contributed by atoms with E-state index in [1.54, 1.807) is 24.3 Å². The standard InChI is InChI=1S/C15H19NO5/c1-3-11(2)16-14(18)9-21-15(19)10-20-13-6-4-12(8-17)5-7-13/h4-8,11H,3,9-10H2,1-2H3,(H,16,18)/t11-/m0/s1. The van der Waals surface area contributed by atoms with E-state index in [-0.39, 0.29) is 25.2 Å². The van der Waals surface area contributed by atoms with Crippen molar-refractivity contribution in [1.29, 1.82) is 0 Å². The number of benzene rings is 1. The highest BCUT2D eigenvalue weighted by atomic mass is 16.6. The molecular weight excluding hydrogens is 274 g/mol. The number of carbonyl (C=O) groups is 3. The lowest BCUT2D eigenvalue weighted by molar-refractivity contribution is -0.150. The van der Waals surface area contributed by atoms with Crippen LogP contribution >= 0.6 is 0 Å². The number of amides is 1. The summed E-state index contributed by atoms with van der Waals surface area (Å²) in [5.74, 6) is -0.525. The third kappa shape index (κ3) is 6.56. The number of ether oxygens (including phenoxy) is 2. The summed E-state index contributed by atoms with van der Waals surface area (Å²) in [5.41, 5.74) is 0.520. The maximum absolute atomic E-state index is 11.4. The molecule has 0 heterocycles. The minimum absolute atomic E-state index is 0.0452. The van der Waals surface area contributed by atoms with Gasteiger partial charge in [-0.3, -0.25) is 9.59 Å². The van der Waals surface area contributed by atoms with Crippen LogP contribution in [0.25, 0.3) is 0 Å². The minimum atomic E-state index is -0.631. The summed E-state index contributed by atoms with van der Waals surface area (Å²) in [5, 5.41) is 2.68. The second kappa shape index (κ2) is 8.73. The predicted octanol–water partition coefficient (Wildman–Crippen LogP) is 1.34. The van der Waals surface area contributed by atoms with E-state index in [2.05, 4.69) is 5.32 Å². The Bertz CT molecular complexity index is 483. The van der Waals surface area contributed by atoms with Crippen molar-refractivity contribution >= 4 is 18.2 Å². The molecule has 1 amide bonds. The molecule has 0 aliphatic heterocycles. The number of esters is 1. The van der Waals surface area contributed by atoms with Crippen molar-refractivity contribution in [1.82, 2.24) is 5.32 Å². The van der Waals surface area contributed by atoms with Crippen LogP contribution in [-0.2, 0) is 14.3 Å². The Labute approximate surface area is 123 Å². The van der Waals surface area contributed by atoms with Gasteiger partial charge in [-0.05, 0) is 37.6 Å². The first kappa shape index (κ1) is 16.7. The second-order valence-corrected chi connectivity index (χ2v) is 4.51. The molecule has 6 heteroatoms. The highest BCUT2D eigenvalue weighted by Gasteiger charge is 2.10. The van der Waals surface area contributed by atoms with Crippen molar-refractivity contribution in [3.8, 4) is 5.75 Å². The van der Waals surface area contributed by atoms with Gasteiger partial charge in [-0.15, -0.1) is 0 Å². The molecule has 0 fully saturated rings. The molecule has 1 aromatic rings.